The van der Waals surface area contributed by atoms with Crippen molar-refractivity contribution in [1.29, 1.82) is 0 Å². The van der Waals surface area contributed by atoms with Crippen molar-refractivity contribution in [3.63, 3.8) is 0 Å². The summed E-state index contributed by atoms with van der Waals surface area (Å²) in [7, 11) is 0. The number of hydrogen-bond donors (Lipinski definition) is 2. The smallest absolute Gasteiger partial charge is 0.0897 e. The molecule has 2 N–H and O–H groups in total. The maximum absolute atomic E-state index is 9.83. The minimum Gasteiger partial charge on any atom is -0.389 e. The van der Waals surface area contributed by atoms with Gasteiger partial charge in [-0.1, -0.05) is 29.8 Å². The fourth-order valence-electron chi connectivity index (χ4n) is 1.91. The van der Waals surface area contributed by atoms with Crippen molar-refractivity contribution in [3.05, 3.63) is 35.4 Å². The molecule has 0 aliphatic carbocycles. The lowest BCUT2D eigenvalue weighted by molar-refractivity contribution is 0.00586. The Morgan fingerprint density at radius 1 is 1.25 bits per heavy atom. The van der Waals surface area contributed by atoms with E-state index in [4.69, 9.17) is 9.47 Å². The van der Waals surface area contributed by atoms with Gasteiger partial charge in [0.15, 0.2) is 0 Å². The maximum Gasteiger partial charge on any atom is 0.0897 e. The zero-order chi connectivity index (χ0) is 14.8. The van der Waals surface area contributed by atoms with Gasteiger partial charge in [-0.3, -0.25) is 0 Å². The summed E-state index contributed by atoms with van der Waals surface area (Å²) in [5, 5.41) is 13.1. The summed E-state index contributed by atoms with van der Waals surface area (Å²) in [6.45, 7) is 8.78. The molecule has 2 atom stereocenters. The third-order valence-electron chi connectivity index (χ3n) is 3.09. The molecule has 0 heterocycles. The number of aliphatic hydroxyl groups excluding tert-OH is 1. The summed E-state index contributed by atoms with van der Waals surface area (Å²) >= 11 is 0. The maximum atomic E-state index is 9.83. The third kappa shape index (κ3) is 7.01. The number of ether oxygens (including phenoxy) is 2. The summed E-state index contributed by atoms with van der Waals surface area (Å²) < 4.78 is 10.5. The summed E-state index contributed by atoms with van der Waals surface area (Å²) in [5.41, 5.74) is 2.48. The number of aryl methyl sites for hydroxylation is 1. The van der Waals surface area contributed by atoms with Gasteiger partial charge < -0.3 is 19.9 Å². The third-order valence-corrected chi connectivity index (χ3v) is 3.09. The lowest BCUT2D eigenvalue weighted by Crippen LogP contribution is -2.32. The summed E-state index contributed by atoms with van der Waals surface area (Å²) in [4.78, 5) is 0. The average molecular weight is 281 g/mol. The van der Waals surface area contributed by atoms with Crippen LogP contribution in [0.4, 0.5) is 0 Å². The molecule has 0 amide bonds. The molecule has 114 valence electrons. The zero-order valence-electron chi connectivity index (χ0n) is 12.8. The number of nitrogens with one attached hydrogen (secondary N) is 1. The Bertz CT molecular complexity index is 370. The minimum absolute atomic E-state index is 0.216. The van der Waals surface area contributed by atoms with Gasteiger partial charge in [0.25, 0.3) is 0 Å². The predicted molar refractivity (Wildman–Crippen MR) is 80.9 cm³/mol. The van der Waals surface area contributed by atoms with E-state index in [2.05, 4.69) is 43.4 Å². The SMILES string of the molecule is CCOCCOCC(O)CN[C@@H](C)c1cccc(C)c1. The predicted octanol–water partition coefficient (Wildman–Crippen LogP) is 2.06. The fourth-order valence-corrected chi connectivity index (χ4v) is 1.91. The molecule has 0 aliphatic rings. The summed E-state index contributed by atoms with van der Waals surface area (Å²) in [5.74, 6) is 0. The molecule has 0 aromatic heterocycles. The largest absolute Gasteiger partial charge is 0.389 e. The molecule has 0 saturated carbocycles. The van der Waals surface area contributed by atoms with Crippen LogP contribution in [0.3, 0.4) is 0 Å². The van der Waals surface area contributed by atoms with Gasteiger partial charge in [0.05, 0.1) is 25.9 Å². The second-order valence-corrected chi connectivity index (χ2v) is 4.97. The second kappa shape index (κ2) is 9.88. The Morgan fingerprint density at radius 2 is 2.00 bits per heavy atom. The van der Waals surface area contributed by atoms with Gasteiger partial charge in [0.2, 0.25) is 0 Å². The Labute approximate surface area is 122 Å². The molecule has 0 bridgehead atoms. The zero-order valence-corrected chi connectivity index (χ0v) is 12.8. The van der Waals surface area contributed by atoms with E-state index in [1.54, 1.807) is 0 Å². The van der Waals surface area contributed by atoms with Gasteiger partial charge in [0, 0.05) is 19.2 Å². The van der Waals surface area contributed by atoms with Crippen LogP contribution in [0, 0.1) is 6.92 Å². The van der Waals surface area contributed by atoms with E-state index in [0.717, 1.165) is 0 Å². The highest BCUT2D eigenvalue weighted by Gasteiger charge is 2.09. The molecule has 1 aromatic carbocycles. The van der Waals surface area contributed by atoms with Crippen LogP contribution in [0.1, 0.15) is 31.0 Å². The van der Waals surface area contributed by atoms with E-state index in [0.29, 0.717) is 33.0 Å². The van der Waals surface area contributed by atoms with Crippen LogP contribution in [0.25, 0.3) is 0 Å². The Hall–Kier alpha value is -0.940. The van der Waals surface area contributed by atoms with Gasteiger partial charge in [-0.2, -0.15) is 0 Å². The molecular formula is C16H27NO3. The highest BCUT2D eigenvalue weighted by atomic mass is 16.5. The number of hydrogen-bond acceptors (Lipinski definition) is 4. The second-order valence-electron chi connectivity index (χ2n) is 4.97. The van der Waals surface area contributed by atoms with Gasteiger partial charge >= 0.3 is 0 Å². The Kier molecular flexibility index (Phi) is 8.46. The van der Waals surface area contributed by atoms with E-state index in [1.807, 2.05) is 6.92 Å². The number of benzene rings is 1. The van der Waals surface area contributed by atoms with Crippen LogP contribution in [0.2, 0.25) is 0 Å². The van der Waals surface area contributed by atoms with Crippen LogP contribution in [-0.2, 0) is 9.47 Å². The lowest BCUT2D eigenvalue weighted by Gasteiger charge is -2.18. The molecule has 1 aromatic rings. The van der Waals surface area contributed by atoms with Crippen molar-refractivity contribution >= 4 is 0 Å². The first-order chi connectivity index (χ1) is 9.63. The summed E-state index contributed by atoms with van der Waals surface area (Å²) in [6, 6.07) is 8.60. The van der Waals surface area contributed by atoms with E-state index in [9.17, 15) is 5.11 Å². The first kappa shape index (κ1) is 17.1. The van der Waals surface area contributed by atoms with Crippen LogP contribution >= 0.6 is 0 Å². The van der Waals surface area contributed by atoms with Crippen LogP contribution in [0.15, 0.2) is 24.3 Å². The molecule has 0 spiro atoms. The number of rotatable bonds is 10. The highest BCUT2D eigenvalue weighted by Crippen LogP contribution is 2.13. The molecule has 1 unspecified atom stereocenters. The molecule has 0 aliphatic heterocycles. The molecule has 1 rings (SSSR count). The highest BCUT2D eigenvalue weighted by molar-refractivity contribution is 5.24. The first-order valence-electron chi connectivity index (χ1n) is 7.27. The van der Waals surface area contributed by atoms with Crippen molar-refractivity contribution in [2.24, 2.45) is 0 Å². The van der Waals surface area contributed by atoms with Gasteiger partial charge in [-0.25, -0.2) is 0 Å². The summed E-state index contributed by atoms with van der Waals surface area (Å²) in [6.07, 6.45) is -0.496. The normalized spacial score (nSPS) is 14.2. The molecule has 0 radical (unpaired) electrons. The van der Waals surface area contributed by atoms with Gasteiger partial charge in [-0.15, -0.1) is 0 Å². The topological polar surface area (TPSA) is 50.7 Å². The Morgan fingerprint density at radius 3 is 2.70 bits per heavy atom. The minimum atomic E-state index is -0.496. The van der Waals surface area contributed by atoms with Crippen molar-refractivity contribution in [1.82, 2.24) is 5.32 Å². The standard InChI is InChI=1S/C16H27NO3/c1-4-19-8-9-20-12-16(18)11-17-14(3)15-7-5-6-13(2)10-15/h5-7,10,14,16-18H,4,8-9,11-12H2,1-3H3/t14-,16?/m0/s1. The van der Waals surface area contributed by atoms with Crippen molar-refractivity contribution in [2.45, 2.75) is 32.9 Å². The van der Waals surface area contributed by atoms with Crippen LogP contribution in [-0.4, -0.2) is 44.2 Å². The van der Waals surface area contributed by atoms with Gasteiger partial charge in [-0.05, 0) is 26.3 Å². The molecular weight excluding hydrogens is 254 g/mol. The van der Waals surface area contributed by atoms with Crippen LogP contribution in [0.5, 0.6) is 0 Å². The van der Waals surface area contributed by atoms with E-state index < -0.39 is 6.10 Å². The van der Waals surface area contributed by atoms with Gasteiger partial charge in [0.1, 0.15) is 0 Å². The quantitative estimate of drug-likeness (QED) is 0.645. The monoisotopic (exact) mass is 281 g/mol. The average Bonchev–Trinajstić information content (AvgIpc) is 2.44. The van der Waals surface area contributed by atoms with E-state index in [-0.39, 0.29) is 6.04 Å². The van der Waals surface area contributed by atoms with Crippen molar-refractivity contribution < 1.29 is 14.6 Å². The number of aliphatic hydroxyl groups is 1. The van der Waals surface area contributed by atoms with E-state index in [1.165, 1.54) is 11.1 Å². The van der Waals surface area contributed by atoms with Crippen molar-refractivity contribution in [2.75, 3.05) is 33.0 Å². The fraction of sp³-hybridized carbons (Fsp3) is 0.625. The molecule has 4 nitrogen and oxygen atoms in total. The molecule has 20 heavy (non-hydrogen) atoms. The lowest BCUT2D eigenvalue weighted by atomic mass is 10.1. The first-order valence-corrected chi connectivity index (χ1v) is 7.27. The van der Waals surface area contributed by atoms with Crippen LogP contribution < -0.4 is 5.32 Å². The molecule has 0 fully saturated rings. The van der Waals surface area contributed by atoms with Crippen molar-refractivity contribution in [3.8, 4) is 0 Å². The molecule has 0 saturated heterocycles. The Balaban J connectivity index is 2.18. The molecule has 4 heteroatoms. The van der Waals surface area contributed by atoms with E-state index >= 15 is 0 Å².